The van der Waals surface area contributed by atoms with E-state index < -0.39 is 0 Å². The number of carbonyl (C=O) groups excluding carboxylic acids is 1. The molecule has 0 unspecified atom stereocenters. The third-order valence-corrected chi connectivity index (χ3v) is 3.93. The van der Waals surface area contributed by atoms with E-state index in [-0.39, 0.29) is 5.91 Å². The van der Waals surface area contributed by atoms with Gasteiger partial charge >= 0.3 is 0 Å². The average Bonchev–Trinajstić information content (AvgIpc) is 2.62. The van der Waals surface area contributed by atoms with Crippen molar-refractivity contribution in [2.75, 3.05) is 13.6 Å². The lowest BCUT2D eigenvalue weighted by Crippen LogP contribution is -2.34. The summed E-state index contributed by atoms with van der Waals surface area (Å²) >= 11 is 0. The van der Waals surface area contributed by atoms with Gasteiger partial charge in [-0.05, 0) is 38.6 Å². The van der Waals surface area contributed by atoms with Crippen LogP contribution < -0.4 is 10.6 Å². The molecule has 1 aliphatic rings. The van der Waals surface area contributed by atoms with Gasteiger partial charge in [0, 0.05) is 19.5 Å². The summed E-state index contributed by atoms with van der Waals surface area (Å²) in [5.74, 6) is 0.992. The first-order valence-corrected chi connectivity index (χ1v) is 7.18. The molecule has 1 aliphatic carbocycles. The highest BCUT2D eigenvalue weighted by Gasteiger charge is 2.18. The lowest BCUT2D eigenvalue weighted by Gasteiger charge is -2.23. The Morgan fingerprint density at radius 1 is 1.24 bits per heavy atom. The predicted molar refractivity (Wildman–Crippen MR) is 72.0 cm³/mol. The predicted octanol–water partition coefficient (Wildman–Crippen LogP) is 2.46. The minimum absolute atomic E-state index is 0.147. The van der Waals surface area contributed by atoms with Crippen molar-refractivity contribution in [2.24, 2.45) is 5.92 Å². The van der Waals surface area contributed by atoms with E-state index in [4.69, 9.17) is 0 Å². The molecule has 2 N–H and O–H groups in total. The summed E-state index contributed by atoms with van der Waals surface area (Å²) in [4.78, 5) is 11.1. The molecule has 0 aromatic rings. The van der Waals surface area contributed by atoms with Crippen molar-refractivity contribution >= 4 is 5.91 Å². The van der Waals surface area contributed by atoms with Crippen molar-refractivity contribution in [3.05, 3.63) is 0 Å². The first kappa shape index (κ1) is 14.5. The summed E-state index contributed by atoms with van der Waals surface area (Å²) in [5.41, 5.74) is 0. The van der Waals surface area contributed by atoms with Gasteiger partial charge in [0.25, 0.3) is 0 Å². The van der Waals surface area contributed by atoms with Crippen LogP contribution in [0.4, 0.5) is 0 Å². The van der Waals surface area contributed by atoms with Gasteiger partial charge in [0.2, 0.25) is 5.91 Å². The first-order chi connectivity index (χ1) is 8.24. The molecule has 0 aromatic heterocycles. The summed E-state index contributed by atoms with van der Waals surface area (Å²) in [6.07, 6.45) is 9.97. The van der Waals surface area contributed by atoms with Crippen LogP contribution in [-0.2, 0) is 4.79 Å². The Balaban J connectivity index is 2.10. The van der Waals surface area contributed by atoms with E-state index >= 15 is 0 Å². The Bertz CT molecular complexity index is 210. The fraction of sp³-hybridized carbons (Fsp3) is 0.929. The largest absolute Gasteiger partial charge is 0.359 e. The molecule has 3 nitrogen and oxygen atoms in total. The van der Waals surface area contributed by atoms with Gasteiger partial charge < -0.3 is 10.6 Å². The van der Waals surface area contributed by atoms with Gasteiger partial charge in [-0.3, -0.25) is 4.79 Å². The van der Waals surface area contributed by atoms with E-state index in [1.54, 1.807) is 7.05 Å². The van der Waals surface area contributed by atoms with Crippen molar-refractivity contribution in [1.82, 2.24) is 10.6 Å². The quantitative estimate of drug-likeness (QED) is 0.553. The highest BCUT2D eigenvalue weighted by atomic mass is 16.1. The van der Waals surface area contributed by atoms with Crippen molar-refractivity contribution in [2.45, 2.75) is 64.3 Å². The zero-order valence-corrected chi connectivity index (χ0v) is 11.4. The minimum Gasteiger partial charge on any atom is -0.359 e. The average molecular weight is 240 g/mol. The third kappa shape index (κ3) is 6.06. The second kappa shape index (κ2) is 8.51. The summed E-state index contributed by atoms with van der Waals surface area (Å²) in [5, 5.41) is 6.24. The number of amides is 1. The SMILES string of the molecule is CNC(=O)CCCN[C@H](C)C1CCCCCC1. The van der Waals surface area contributed by atoms with E-state index in [2.05, 4.69) is 17.6 Å². The molecule has 0 radical (unpaired) electrons. The highest BCUT2D eigenvalue weighted by molar-refractivity contribution is 5.75. The minimum atomic E-state index is 0.147. The fourth-order valence-corrected chi connectivity index (χ4v) is 2.68. The maximum Gasteiger partial charge on any atom is 0.219 e. The van der Waals surface area contributed by atoms with Crippen molar-refractivity contribution in [3.63, 3.8) is 0 Å². The number of hydrogen-bond acceptors (Lipinski definition) is 2. The fourth-order valence-electron chi connectivity index (χ4n) is 2.68. The Kier molecular flexibility index (Phi) is 7.25. The molecule has 0 spiro atoms. The van der Waals surface area contributed by atoms with Crippen LogP contribution >= 0.6 is 0 Å². The van der Waals surface area contributed by atoms with Crippen molar-refractivity contribution < 1.29 is 4.79 Å². The van der Waals surface area contributed by atoms with Crippen LogP contribution in [-0.4, -0.2) is 25.5 Å². The number of rotatable bonds is 6. The Morgan fingerprint density at radius 3 is 2.47 bits per heavy atom. The molecular weight excluding hydrogens is 212 g/mol. The number of hydrogen-bond donors (Lipinski definition) is 2. The number of nitrogens with one attached hydrogen (secondary N) is 2. The highest BCUT2D eigenvalue weighted by Crippen LogP contribution is 2.25. The second-order valence-corrected chi connectivity index (χ2v) is 5.27. The summed E-state index contributed by atoms with van der Waals surface area (Å²) in [6.45, 7) is 3.26. The van der Waals surface area contributed by atoms with E-state index in [1.165, 1.54) is 38.5 Å². The van der Waals surface area contributed by atoms with E-state index in [0.717, 1.165) is 18.9 Å². The van der Waals surface area contributed by atoms with Crippen LogP contribution in [0.25, 0.3) is 0 Å². The Hall–Kier alpha value is -0.570. The molecule has 1 rings (SSSR count). The molecule has 100 valence electrons. The van der Waals surface area contributed by atoms with Gasteiger partial charge in [0.15, 0.2) is 0 Å². The van der Waals surface area contributed by atoms with Crippen LogP contribution in [0.15, 0.2) is 0 Å². The maximum atomic E-state index is 11.1. The molecule has 0 heterocycles. The van der Waals surface area contributed by atoms with Gasteiger partial charge in [-0.1, -0.05) is 25.7 Å². The van der Waals surface area contributed by atoms with Crippen LogP contribution in [0, 0.1) is 5.92 Å². The topological polar surface area (TPSA) is 41.1 Å². The summed E-state index contributed by atoms with van der Waals surface area (Å²) in [7, 11) is 1.70. The molecule has 1 fully saturated rings. The van der Waals surface area contributed by atoms with Gasteiger partial charge in [-0.2, -0.15) is 0 Å². The molecular formula is C14H28N2O. The van der Waals surface area contributed by atoms with Crippen LogP contribution in [0.1, 0.15) is 58.3 Å². The lowest BCUT2D eigenvalue weighted by atomic mass is 9.93. The Morgan fingerprint density at radius 2 is 1.88 bits per heavy atom. The maximum absolute atomic E-state index is 11.1. The lowest BCUT2D eigenvalue weighted by molar-refractivity contribution is -0.120. The third-order valence-electron chi connectivity index (χ3n) is 3.93. The molecule has 1 amide bonds. The molecule has 3 heteroatoms. The van der Waals surface area contributed by atoms with Crippen LogP contribution in [0.2, 0.25) is 0 Å². The molecule has 0 aliphatic heterocycles. The smallest absolute Gasteiger partial charge is 0.219 e. The zero-order valence-electron chi connectivity index (χ0n) is 11.4. The van der Waals surface area contributed by atoms with Gasteiger partial charge in [-0.25, -0.2) is 0 Å². The van der Waals surface area contributed by atoms with Gasteiger partial charge in [0.05, 0.1) is 0 Å². The van der Waals surface area contributed by atoms with E-state index in [0.29, 0.717) is 12.5 Å². The molecule has 17 heavy (non-hydrogen) atoms. The molecule has 0 saturated heterocycles. The van der Waals surface area contributed by atoms with Gasteiger partial charge in [0.1, 0.15) is 0 Å². The summed E-state index contributed by atoms with van der Waals surface area (Å²) < 4.78 is 0. The van der Waals surface area contributed by atoms with Crippen molar-refractivity contribution in [1.29, 1.82) is 0 Å². The normalized spacial score (nSPS) is 19.6. The van der Waals surface area contributed by atoms with Crippen LogP contribution in [0.3, 0.4) is 0 Å². The van der Waals surface area contributed by atoms with E-state index in [9.17, 15) is 4.79 Å². The molecule has 0 bridgehead atoms. The zero-order chi connectivity index (χ0) is 12.5. The first-order valence-electron chi connectivity index (χ1n) is 7.18. The van der Waals surface area contributed by atoms with E-state index in [1.807, 2.05) is 0 Å². The molecule has 1 atom stereocenters. The molecule has 0 aromatic carbocycles. The monoisotopic (exact) mass is 240 g/mol. The molecule has 1 saturated carbocycles. The van der Waals surface area contributed by atoms with Crippen molar-refractivity contribution in [3.8, 4) is 0 Å². The van der Waals surface area contributed by atoms with Gasteiger partial charge in [-0.15, -0.1) is 0 Å². The Labute approximate surface area is 106 Å². The number of carbonyl (C=O) groups is 1. The second-order valence-electron chi connectivity index (χ2n) is 5.27. The van der Waals surface area contributed by atoms with Crippen LogP contribution in [0.5, 0.6) is 0 Å². The standard InChI is InChI=1S/C14H28N2O/c1-12(13-8-5-3-4-6-9-13)16-11-7-10-14(17)15-2/h12-13,16H,3-11H2,1-2H3,(H,15,17)/t12-/m1/s1. The summed E-state index contributed by atoms with van der Waals surface area (Å²) in [6, 6.07) is 0.609.